The first-order valence-electron chi connectivity index (χ1n) is 8.66. The summed E-state index contributed by atoms with van der Waals surface area (Å²) < 4.78 is 11.4. The van der Waals surface area contributed by atoms with Crippen LogP contribution >= 0.6 is 0 Å². The zero-order chi connectivity index (χ0) is 19.2. The van der Waals surface area contributed by atoms with Gasteiger partial charge in [0.05, 0.1) is 6.61 Å². The van der Waals surface area contributed by atoms with Gasteiger partial charge in [0.1, 0.15) is 23.3 Å². The van der Waals surface area contributed by atoms with Crippen molar-refractivity contribution < 1.29 is 19.1 Å². The SMILES string of the molecule is CNC(=O)c1cc(Oc2cc(NC(=O)C3CNCCO3)ccc2C)ccn1. The topological polar surface area (TPSA) is 102 Å². The molecule has 3 N–H and O–H groups in total. The molecule has 0 spiro atoms. The lowest BCUT2D eigenvalue weighted by Crippen LogP contribution is -2.45. The molecule has 0 radical (unpaired) electrons. The Labute approximate surface area is 157 Å². The number of aromatic nitrogens is 1. The Morgan fingerprint density at radius 2 is 2.15 bits per heavy atom. The lowest BCUT2D eigenvalue weighted by Gasteiger charge is -2.22. The van der Waals surface area contributed by atoms with Gasteiger partial charge in [0.15, 0.2) is 0 Å². The van der Waals surface area contributed by atoms with Crippen LogP contribution in [0.2, 0.25) is 0 Å². The van der Waals surface area contributed by atoms with Crippen molar-refractivity contribution in [3.05, 3.63) is 47.8 Å². The number of benzene rings is 1. The minimum absolute atomic E-state index is 0.206. The van der Waals surface area contributed by atoms with E-state index < -0.39 is 6.10 Å². The number of anilines is 1. The minimum Gasteiger partial charge on any atom is -0.457 e. The minimum atomic E-state index is -0.514. The number of carbonyl (C=O) groups excluding carboxylic acids is 2. The predicted molar refractivity (Wildman–Crippen MR) is 100 cm³/mol. The maximum atomic E-state index is 12.3. The van der Waals surface area contributed by atoms with E-state index in [1.807, 2.05) is 13.0 Å². The summed E-state index contributed by atoms with van der Waals surface area (Å²) in [5.41, 5.74) is 1.76. The van der Waals surface area contributed by atoms with E-state index in [2.05, 4.69) is 20.9 Å². The number of amides is 2. The second-order valence-electron chi connectivity index (χ2n) is 6.09. The maximum Gasteiger partial charge on any atom is 0.269 e. The molecular weight excluding hydrogens is 348 g/mol. The van der Waals surface area contributed by atoms with Gasteiger partial charge in [0.2, 0.25) is 0 Å². The molecule has 27 heavy (non-hydrogen) atoms. The average Bonchev–Trinajstić information content (AvgIpc) is 2.70. The Morgan fingerprint density at radius 3 is 2.89 bits per heavy atom. The van der Waals surface area contributed by atoms with Crippen LogP contribution in [0.1, 0.15) is 16.1 Å². The Bertz CT molecular complexity index is 834. The van der Waals surface area contributed by atoms with Gasteiger partial charge in [-0.3, -0.25) is 14.6 Å². The number of nitrogens with zero attached hydrogens (tertiary/aromatic N) is 1. The number of carbonyl (C=O) groups is 2. The molecule has 0 saturated carbocycles. The van der Waals surface area contributed by atoms with Crippen molar-refractivity contribution in [2.75, 3.05) is 32.1 Å². The van der Waals surface area contributed by atoms with Crippen LogP contribution in [-0.4, -0.2) is 49.6 Å². The fraction of sp³-hybridized carbons (Fsp3) is 0.316. The van der Waals surface area contributed by atoms with Crippen molar-refractivity contribution in [3.8, 4) is 11.5 Å². The van der Waals surface area contributed by atoms with Crippen molar-refractivity contribution in [2.45, 2.75) is 13.0 Å². The zero-order valence-electron chi connectivity index (χ0n) is 15.2. The molecule has 8 heteroatoms. The number of hydrogen-bond acceptors (Lipinski definition) is 6. The van der Waals surface area contributed by atoms with Gasteiger partial charge in [0, 0.05) is 44.2 Å². The Hall–Kier alpha value is -2.97. The highest BCUT2D eigenvalue weighted by atomic mass is 16.5. The van der Waals surface area contributed by atoms with Crippen LogP contribution < -0.4 is 20.7 Å². The second-order valence-corrected chi connectivity index (χ2v) is 6.09. The van der Waals surface area contributed by atoms with Gasteiger partial charge in [-0.1, -0.05) is 6.07 Å². The number of aryl methyl sites for hydroxylation is 1. The Balaban J connectivity index is 1.73. The molecule has 1 atom stereocenters. The van der Waals surface area contributed by atoms with Gasteiger partial charge in [-0.05, 0) is 24.6 Å². The smallest absolute Gasteiger partial charge is 0.269 e. The normalized spacial score (nSPS) is 16.4. The summed E-state index contributed by atoms with van der Waals surface area (Å²) in [5.74, 6) is 0.557. The van der Waals surface area contributed by atoms with Crippen LogP contribution in [-0.2, 0) is 9.53 Å². The molecule has 2 aromatic rings. The molecule has 2 heterocycles. The Kier molecular flexibility index (Phi) is 6.00. The van der Waals surface area contributed by atoms with Crippen molar-refractivity contribution in [3.63, 3.8) is 0 Å². The lowest BCUT2D eigenvalue weighted by molar-refractivity contribution is -0.128. The number of ether oxygens (including phenoxy) is 2. The fourth-order valence-corrected chi connectivity index (χ4v) is 2.60. The molecule has 1 saturated heterocycles. The summed E-state index contributed by atoms with van der Waals surface area (Å²) in [6.45, 7) is 3.64. The molecule has 2 amide bonds. The first-order valence-corrected chi connectivity index (χ1v) is 8.66. The maximum absolute atomic E-state index is 12.3. The van der Waals surface area contributed by atoms with E-state index in [0.717, 1.165) is 12.1 Å². The number of pyridine rings is 1. The van der Waals surface area contributed by atoms with E-state index in [-0.39, 0.29) is 17.5 Å². The van der Waals surface area contributed by atoms with E-state index >= 15 is 0 Å². The first-order chi connectivity index (χ1) is 13.1. The molecule has 3 rings (SSSR count). The fourth-order valence-electron chi connectivity index (χ4n) is 2.60. The van der Waals surface area contributed by atoms with Crippen molar-refractivity contribution >= 4 is 17.5 Å². The van der Waals surface area contributed by atoms with E-state index in [0.29, 0.717) is 30.3 Å². The molecule has 1 aliphatic rings. The molecule has 0 bridgehead atoms. The van der Waals surface area contributed by atoms with Crippen LogP contribution in [0.4, 0.5) is 5.69 Å². The van der Waals surface area contributed by atoms with Gasteiger partial charge < -0.3 is 25.4 Å². The summed E-state index contributed by atoms with van der Waals surface area (Å²) >= 11 is 0. The highest BCUT2D eigenvalue weighted by Crippen LogP contribution is 2.28. The highest BCUT2D eigenvalue weighted by Gasteiger charge is 2.22. The molecule has 1 unspecified atom stereocenters. The first kappa shape index (κ1) is 18.8. The van der Waals surface area contributed by atoms with E-state index in [9.17, 15) is 9.59 Å². The third kappa shape index (κ3) is 4.81. The van der Waals surface area contributed by atoms with Crippen LogP contribution in [0.25, 0.3) is 0 Å². The summed E-state index contributed by atoms with van der Waals surface area (Å²) in [7, 11) is 1.54. The molecule has 142 valence electrons. The molecule has 1 fully saturated rings. The molecular formula is C19H22N4O4. The van der Waals surface area contributed by atoms with Crippen LogP contribution in [0.3, 0.4) is 0 Å². The summed E-state index contributed by atoms with van der Waals surface area (Å²) in [4.78, 5) is 28.0. The standard InChI is InChI=1S/C19H22N4O4/c1-12-3-4-13(23-19(25)17-11-21-7-8-26-17)9-16(12)27-14-5-6-22-15(10-14)18(24)20-2/h3-6,9-10,17,21H,7-8,11H2,1-2H3,(H,20,24)(H,23,25). The summed E-state index contributed by atoms with van der Waals surface area (Å²) in [6, 6.07) is 8.62. The van der Waals surface area contributed by atoms with Crippen LogP contribution in [0.15, 0.2) is 36.5 Å². The van der Waals surface area contributed by atoms with E-state index in [1.165, 1.54) is 6.20 Å². The lowest BCUT2D eigenvalue weighted by atomic mass is 10.2. The monoisotopic (exact) mass is 370 g/mol. The van der Waals surface area contributed by atoms with Crippen molar-refractivity contribution in [1.82, 2.24) is 15.6 Å². The number of nitrogens with one attached hydrogen (secondary N) is 3. The van der Waals surface area contributed by atoms with Crippen molar-refractivity contribution in [1.29, 1.82) is 0 Å². The van der Waals surface area contributed by atoms with Crippen LogP contribution in [0, 0.1) is 6.92 Å². The zero-order valence-corrected chi connectivity index (χ0v) is 15.2. The van der Waals surface area contributed by atoms with Gasteiger partial charge in [-0.2, -0.15) is 0 Å². The number of hydrogen-bond donors (Lipinski definition) is 3. The third-order valence-electron chi connectivity index (χ3n) is 4.09. The van der Waals surface area contributed by atoms with E-state index in [1.54, 1.807) is 31.3 Å². The number of rotatable bonds is 5. The molecule has 8 nitrogen and oxygen atoms in total. The molecule has 1 aliphatic heterocycles. The van der Waals surface area contributed by atoms with Gasteiger partial charge in [-0.25, -0.2) is 0 Å². The van der Waals surface area contributed by atoms with Gasteiger partial charge in [-0.15, -0.1) is 0 Å². The largest absolute Gasteiger partial charge is 0.457 e. The third-order valence-corrected chi connectivity index (χ3v) is 4.09. The molecule has 0 aliphatic carbocycles. The Morgan fingerprint density at radius 1 is 1.30 bits per heavy atom. The predicted octanol–water partition coefficient (Wildman–Crippen LogP) is 1.47. The number of morpholine rings is 1. The molecule has 1 aromatic carbocycles. The van der Waals surface area contributed by atoms with Crippen LogP contribution in [0.5, 0.6) is 11.5 Å². The van der Waals surface area contributed by atoms with Gasteiger partial charge >= 0.3 is 0 Å². The van der Waals surface area contributed by atoms with Crippen molar-refractivity contribution in [2.24, 2.45) is 0 Å². The highest BCUT2D eigenvalue weighted by molar-refractivity contribution is 5.94. The van der Waals surface area contributed by atoms with Gasteiger partial charge in [0.25, 0.3) is 11.8 Å². The van der Waals surface area contributed by atoms with E-state index in [4.69, 9.17) is 9.47 Å². The summed E-state index contributed by atoms with van der Waals surface area (Å²) in [6.07, 6.45) is 0.994. The second kappa shape index (κ2) is 8.61. The summed E-state index contributed by atoms with van der Waals surface area (Å²) in [5, 5.41) is 8.49. The quantitative estimate of drug-likeness (QED) is 0.737. The molecule has 1 aromatic heterocycles. The average molecular weight is 370 g/mol.